The third kappa shape index (κ3) is 2.96. The molecule has 0 saturated heterocycles. The first-order chi connectivity index (χ1) is 11.5. The first-order valence-electron chi connectivity index (χ1n) is 7.42. The Kier molecular flexibility index (Phi) is 3.99. The van der Waals surface area contributed by atoms with Gasteiger partial charge in [0.2, 0.25) is 5.91 Å². The number of nitro benzene ring substituents is 1. The molecular formula is C17H15N3O4. The van der Waals surface area contributed by atoms with Gasteiger partial charge in [-0.3, -0.25) is 19.7 Å². The third-order valence-electron chi connectivity index (χ3n) is 3.93. The third-order valence-corrected chi connectivity index (χ3v) is 3.93. The number of nitro groups is 1. The van der Waals surface area contributed by atoms with Crippen LogP contribution in [0.1, 0.15) is 22.8 Å². The van der Waals surface area contributed by atoms with E-state index in [0.717, 1.165) is 17.7 Å². The van der Waals surface area contributed by atoms with E-state index in [9.17, 15) is 19.7 Å². The van der Waals surface area contributed by atoms with E-state index in [0.29, 0.717) is 12.2 Å². The Morgan fingerprint density at radius 2 is 2.00 bits per heavy atom. The molecule has 3 rings (SSSR count). The molecular weight excluding hydrogens is 310 g/mol. The lowest BCUT2D eigenvalue weighted by atomic mass is 10.1. The number of benzene rings is 2. The molecule has 0 bridgehead atoms. The highest BCUT2D eigenvalue weighted by atomic mass is 16.6. The summed E-state index contributed by atoms with van der Waals surface area (Å²) in [6, 6.07) is 10.9. The largest absolute Gasteiger partial charge is 0.322 e. The van der Waals surface area contributed by atoms with Gasteiger partial charge in [-0.15, -0.1) is 0 Å². The summed E-state index contributed by atoms with van der Waals surface area (Å²) in [5.74, 6) is -0.429. The number of nitrogens with zero attached hydrogens (tertiary/aromatic N) is 2. The van der Waals surface area contributed by atoms with E-state index in [1.165, 1.54) is 31.2 Å². The number of non-ortho nitro benzene ring substituents is 1. The van der Waals surface area contributed by atoms with Gasteiger partial charge in [-0.05, 0) is 36.2 Å². The van der Waals surface area contributed by atoms with E-state index in [-0.39, 0.29) is 17.2 Å². The van der Waals surface area contributed by atoms with Crippen LogP contribution in [0.3, 0.4) is 0 Å². The van der Waals surface area contributed by atoms with Gasteiger partial charge in [0.05, 0.1) is 4.92 Å². The summed E-state index contributed by atoms with van der Waals surface area (Å²) in [5, 5.41) is 13.5. The fourth-order valence-corrected chi connectivity index (χ4v) is 2.77. The van der Waals surface area contributed by atoms with Crippen LogP contribution in [0.2, 0.25) is 0 Å². The van der Waals surface area contributed by atoms with Gasteiger partial charge < -0.3 is 10.2 Å². The van der Waals surface area contributed by atoms with Crippen LogP contribution >= 0.6 is 0 Å². The van der Waals surface area contributed by atoms with Crippen molar-refractivity contribution in [3.05, 3.63) is 63.7 Å². The molecule has 7 heteroatoms. The minimum atomic E-state index is -0.539. The summed E-state index contributed by atoms with van der Waals surface area (Å²) in [6.45, 7) is 2.15. The van der Waals surface area contributed by atoms with E-state index in [4.69, 9.17) is 0 Å². The van der Waals surface area contributed by atoms with Crippen molar-refractivity contribution in [2.75, 3.05) is 16.8 Å². The van der Waals surface area contributed by atoms with Crippen LogP contribution in [0.5, 0.6) is 0 Å². The number of carbonyl (C=O) groups excluding carboxylic acids is 2. The predicted octanol–water partition coefficient (Wildman–Crippen LogP) is 2.76. The maximum Gasteiger partial charge on any atom is 0.270 e. The highest BCUT2D eigenvalue weighted by Gasteiger charge is 2.22. The van der Waals surface area contributed by atoms with Gasteiger partial charge in [0.15, 0.2) is 0 Å². The zero-order valence-electron chi connectivity index (χ0n) is 13.0. The summed E-state index contributed by atoms with van der Waals surface area (Å²) < 4.78 is 0. The zero-order chi connectivity index (χ0) is 17.3. The summed E-state index contributed by atoms with van der Waals surface area (Å²) in [7, 11) is 0. The molecule has 7 nitrogen and oxygen atoms in total. The van der Waals surface area contributed by atoms with Crippen molar-refractivity contribution in [1.29, 1.82) is 0 Å². The number of hydrogen-bond acceptors (Lipinski definition) is 4. The summed E-state index contributed by atoms with van der Waals surface area (Å²) in [4.78, 5) is 35.8. The molecule has 122 valence electrons. The molecule has 0 spiro atoms. The van der Waals surface area contributed by atoms with Crippen molar-refractivity contribution < 1.29 is 14.5 Å². The van der Waals surface area contributed by atoms with Gasteiger partial charge in [0, 0.05) is 42.5 Å². The Balaban J connectivity index is 1.80. The number of amides is 2. The molecule has 2 aromatic carbocycles. The second-order valence-corrected chi connectivity index (χ2v) is 5.53. The van der Waals surface area contributed by atoms with Crippen LogP contribution in [0.25, 0.3) is 0 Å². The molecule has 24 heavy (non-hydrogen) atoms. The second kappa shape index (κ2) is 6.11. The SMILES string of the molecule is CC(=O)N1CCc2cc(NC(=O)c3cccc([N+](=O)[O-])c3)ccc21. The normalized spacial score (nSPS) is 12.6. The minimum Gasteiger partial charge on any atom is -0.322 e. The second-order valence-electron chi connectivity index (χ2n) is 5.53. The Bertz CT molecular complexity index is 847. The molecule has 0 radical (unpaired) electrons. The maximum atomic E-state index is 12.3. The van der Waals surface area contributed by atoms with Crippen molar-refractivity contribution in [2.24, 2.45) is 0 Å². The van der Waals surface area contributed by atoms with Gasteiger partial charge in [-0.2, -0.15) is 0 Å². The Morgan fingerprint density at radius 1 is 1.21 bits per heavy atom. The minimum absolute atomic E-state index is 0.0119. The first kappa shape index (κ1) is 15.7. The Morgan fingerprint density at radius 3 is 2.71 bits per heavy atom. The molecule has 0 atom stereocenters. The summed E-state index contributed by atoms with van der Waals surface area (Å²) in [6.07, 6.45) is 0.732. The van der Waals surface area contributed by atoms with Gasteiger partial charge in [0.25, 0.3) is 11.6 Å². The number of anilines is 2. The van der Waals surface area contributed by atoms with Crippen molar-refractivity contribution >= 4 is 28.9 Å². The highest BCUT2D eigenvalue weighted by Crippen LogP contribution is 2.30. The molecule has 0 aliphatic carbocycles. The molecule has 1 N–H and O–H groups in total. The number of nitrogens with one attached hydrogen (secondary N) is 1. The Hall–Kier alpha value is -3.22. The van der Waals surface area contributed by atoms with Gasteiger partial charge in [0.1, 0.15) is 0 Å². The topological polar surface area (TPSA) is 92.6 Å². The monoisotopic (exact) mass is 325 g/mol. The lowest BCUT2D eigenvalue weighted by Gasteiger charge is -2.15. The van der Waals surface area contributed by atoms with Gasteiger partial charge in [-0.25, -0.2) is 0 Å². The van der Waals surface area contributed by atoms with Crippen LogP contribution < -0.4 is 10.2 Å². The molecule has 1 aliphatic heterocycles. The lowest BCUT2D eigenvalue weighted by molar-refractivity contribution is -0.384. The number of carbonyl (C=O) groups is 2. The average Bonchev–Trinajstić information content (AvgIpc) is 2.98. The van der Waals surface area contributed by atoms with Crippen LogP contribution in [0.15, 0.2) is 42.5 Å². The van der Waals surface area contributed by atoms with Crippen LogP contribution in [-0.4, -0.2) is 23.3 Å². The zero-order valence-corrected chi connectivity index (χ0v) is 13.0. The molecule has 0 aromatic heterocycles. The Labute approximate surface area is 138 Å². The van der Waals surface area contributed by atoms with E-state index in [1.807, 2.05) is 6.07 Å². The number of hydrogen-bond donors (Lipinski definition) is 1. The maximum absolute atomic E-state index is 12.3. The number of rotatable bonds is 3. The van der Waals surface area contributed by atoms with Crippen molar-refractivity contribution in [1.82, 2.24) is 0 Å². The molecule has 0 unspecified atom stereocenters. The molecule has 0 saturated carbocycles. The lowest BCUT2D eigenvalue weighted by Crippen LogP contribution is -2.25. The number of fused-ring (bicyclic) bond motifs is 1. The van der Waals surface area contributed by atoms with Gasteiger partial charge >= 0.3 is 0 Å². The summed E-state index contributed by atoms with van der Waals surface area (Å²) in [5.41, 5.74) is 2.53. The average molecular weight is 325 g/mol. The van der Waals surface area contributed by atoms with E-state index in [2.05, 4.69) is 5.32 Å². The van der Waals surface area contributed by atoms with Crippen LogP contribution in [-0.2, 0) is 11.2 Å². The smallest absolute Gasteiger partial charge is 0.270 e. The quantitative estimate of drug-likeness (QED) is 0.693. The van der Waals surface area contributed by atoms with E-state index < -0.39 is 10.8 Å². The van der Waals surface area contributed by atoms with Crippen molar-refractivity contribution in [2.45, 2.75) is 13.3 Å². The van der Waals surface area contributed by atoms with Crippen LogP contribution in [0.4, 0.5) is 17.1 Å². The van der Waals surface area contributed by atoms with Gasteiger partial charge in [-0.1, -0.05) is 6.07 Å². The first-order valence-corrected chi connectivity index (χ1v) is 7.42. The molecule has 2 amide bonds. The molecule has 2 aromatic rings. The standard InChI is InChI=1S/C17H15N3O4/c1-11(21)19-8-7-12-9-14(5-6-16(12)19)18-17(22)13-3-2-4-15(10-13)20(23)24/h2-6,9-10H,7-8H2,1H3,(H,18,22). The highest BCUT2D eigenvalue weighted by molar-refractivity contribution is 6.05. The van der Waals surface area contributed by atoms with Crippen LogP contribution in [0, 0.1) is 10.1 Å². The fraction of sp³-hybridized carbons (Fsp3) is 0.176. The van der Waals surface area contributed by atoms with Crippen molar-refractivity contribution in [3.8, 4) is 0 Å². The van der Waals surface area contributed by atoms with E-state index in [1.54, 1.807) is 17.0 Å². The predicted molar refractivity (Wildman–Crippen MR) is 89.2 cm³/mol. The molecule has 1 aliphatic rings. The fourth-order valence-electron chi connectivity index (χ4n) is 2.77. The summed E-state index contributed by atoms with van der Waals surface area (Å²) >= 11 is 0. The van der Waals surface area contributed by atoms with E-state index >= 15 is 0 Å². The molecule has 0 fully saturated rings. The van der Waals surface area contributed by atoms with Crippen molar-refractivity contribution in [3.63, 3.8) is 0 Å². The molecule has 1 heterocycles.